The van der Waals surface area contributed by atoms with Crippen LogP contribution >= 0.6 is 0 Å². The SMILES string of the molecule is CC[C@@H]1C=CCN1C(=O)c1cc(COc2ccc(-n3cncn3)cc2)on1. The largest absolute Gasteiger partial charge is 0.486 e. The lowest BCUT2D eigenvalue weighted by Crippen LogP contribution is -2.35. The van der Waals surface area contributed by atoms with Gasteiger partial charge in [0.15, 0.2) is 11.5 Å². The van der Waals surface area contributed by atoms with Crippen molar-refractivity contribution in [2.24, 2.45) is 0 Å². The Morgan fingerprint density at radius 1 is 1.33 bits per heavy atom. The van der Waals surface area contributed by atoms with Crippen LogP contribution in [0.5, 0.6) is 5.75 Å². The van der Waals surface area contributed by atoms with E-state index in [1.54, 1.807) is 22.0 Å². The Bertz CT molecular complexity index is 931. The van der Waals surface area contributed by atoms with Gasteiger partial charge in [0.2, 0.25) is 0 Å². The molecule has 8 heteroatoms. The first-order valence-electron chi connectivity index (χ1n) is 8.75. The van der Waals surface area contributed by atoms with E-state index in [-0.39, 0.29) is 18.6 Å². The van der Waals surface area contributed by atoms with Gasteiger partial charge in [-0.05, 0) is 30.7 Å². The van der Waals surface area contributed by atoms with Crippen LogP contribution in [-0.4, -0.2) is 43.3 Å². The Kier molecular flexibility index (Phi) is 4.69. The van der Waals surface area contributed by atoms with Gasteiger partial charge in [-0.25, -0.2) is 9.67 Å². The van der Waals surface area contributed by atoms with Crippen molar-refractivity contribution >= 4 is 5.91 Å². The van der Waals surface area contributed by atoms with Crippen LogP contribution in [0.4, 0.5) is 0 Å². The normalized spacial score (nSPS) is 16.0. The van der Waals surface area contributed by atoms with Crippen molar-refractivity contribution in [1.29, 1.82) is 0 Å². The second-order valence-corrected chi connectivity index (χ2v) is 6.16. The third kappa shape index (κ3) is 3.59. The van der Waals surface area contributed by atoms with E-state index in [1.165, 1.54) is 6.33 Å². The minimum Gasteiger partial charge on any atom is -0.486 e. The minimum absolute atomic E-state index is 0.123. The lowest BCUT2D eigenvalue weighted by molar-refractivity contribution is 0.0737. The van der Waals surface area contributed by atoms with Gasteiger partial charge < -0.3 is 14.2 Å². The molecule has 2 aromatic heterocycles. The average molecular weight is 365 g/mol. The third-order valence-electron chi connectivity index (χ3n) is 4.42. The fraction of sp³-hybridized carbons (Fsp3) is 0.263. The molecule has 0 bridgehead atoms. The molecule has 1 atom stereocenters. The lowest BCUT2D eigenvalue weighted by Gasteiger charge is -2.22. The Morgan fingerprint density at radius 2 is 2.19 bits per heavy atom. The van der Waals surface area contributed by atoms with Crippen LogP contribution < -0.4 is 4.74 Å². The predicted octanol–water partition coefficient (Wildman–Crippen LogP) is 2.62. The second kappa shape index (κ2) is 7.45. The summed E-state index contributed by atoms with van der Waals surface area (Å²) < 4.78 is 12.6. The topological polar surface area (TPSA) is 86.3 Å². The molecule has 0 N–H and O–H groups in total. The molecule has 0 saturated heterocycles. The lowest BCUT2D eigenvalue weighted by atomic mass is 10.2. The molecule has 138 valence electrons. The quantitative estimate of drug-likeness (QED) is 0.624. The van der Waals surface area contributed by atoms with Gasteiger partial charge in [-0.1, -0.05) is 24.2 Å². The van der Waals surface area contributed by atoms with Crippen LogP contribution in [0.3, 0.4) is 0 Å². The fourth-order valence-corrected chi connectivity index (χ4v) is 2.98. The molecule has 1 aromatic carbocycles. The summed E-state index contributed by atoms with van der Waals surface area (Å²) in [5.74, 6) is 1.05. The summed E-state index contributed by atoms with van der Waals surface area (Å²) in [6, 6.07) is 9.19. The molecule has 3 aromatic rings. The second-order valence-electron chi connectivity index (χ2n) is 6.16. The number of ether oxygens (including phenoxy) is 1. The molecular formula is C19H19N5O3. The highest BCUT2D eigenvalue weighted by atomic mass is 16.5. The summed E-state index contributed by atoms with van der Waals surface area (Å²) in [4.78, 5) is 18.3. The first-order valence-corrected chi connectivity index (χ1v) is 8.75. The summed E-state index contributed by atoms with van der Waals surface area (Å²) >= 11 is 0. The van der Waals surface area contributed by atoms with Gasteiger partial charge in [0.25, 0.3) is 5.91 Å². The number of amides is 1. The highest BCUT2D eigenvalue weighted by Gasteiger charge is 2.26. The number of hydrogen-bond acceptors (Lipinski definition) is 6. The molecule has 27 heavy (non-hydrogen) atoms. The Morgan fingerprint density at radius 3 is 2.93 bits per heavy atom. The smallest absolute Gasteiger partial charge is 0.276 e. The average Bonchev–Trinajstić information content (AvgIpc) is 3.47. The molecule has 0 spiro atoms. The third-order valence-corrected chi connectivity index (χ3v) is 4.42. The van der Waals surface area contributed by atoms with Crippen LogP contribution in [0.1, 0.15) is 29.6 Å². The number of carbonyl (C=O) groups excluding carboxylic acids is 1. The van der Waals surface area contributed by atoms with E-state index in [0.29, 0.717) is 23.7 Å². The molecule has 0 radical (unpaired) electrons. The first kappa shape index (κ1) is 17.0. The van der Waals surface area contributed by atoms with Crippen LogP contribution in [0.2, 0.25) is 0 Å². The first-order chi connectivity index (χ1) is 13.2. The maximum atomic E-state index is 12.6. The van der Waals surface area contributed by atoms with Crippen LogP contribution in [0, 0.1) is 0 Å². The summed E-state index contributed by atoms with van der Waals surface area (Å²) in [7, 11) is 0. The minimum atomic E-state index is -0.126. The summed E-state index contributed by atoms with van der Waals surface area (Å²) in [5.41, 5.74) is 1.19. The molecule has 0 unspecified atom stereocenters. The Balaban J connectivity index is 1.36. The monoisotopic (exact) mass is 365 g/mol. The zero-order valence-corrected chi connectivity index (χ0v) is 14.9. The molecule has 3 heterocycles. The molecule has 4 rings (SSSR count). The standard InChI is InChI=1S/C19H19N5O3/c1-2-14-4-3-9-23(14)19(25)18-10-17(27-22-18)11-26-16-7-5-15(6-8-16)24-13-20-12-21-24/h3-8,10,12-14H,2,9,11H2,1H3/t14-/m1/s1. The predicted molar refractivity (Wildman–Crippen MR) is 96.4 cm³/mol. The number of rotatable bonds is 6. The number of nitrogens with zero attached hydrogens (tertiary/aromatic N) is 5. The highest BCUT2D eigenvalue weighted by molar-refractivity contribution is 5.93. The highest BCUT2D eigenvalue weighted by Crippen LogP contribution is 2.19. The molecule has 1 amide bonds. The van der Waals surface area contributed by atoms with Gasteiger partial charge in [-0.3, -0.25) is 4.79 Å². The van der Waals surface area contributed by atoms with Crippen molar-refractivity contribution < 1.29 is 14.1 Å². The maximum Gasteiger partial charge on any atom is 0.276 e. The van der Waals surface area contributed by atoms with Crippen molar-refractivity contribution in [3.05, 3.63) is 66.6 Å². The summed E-state index contributed by atoms with van der Waals surface area (Å²) in [6.45, 7) is 2.85. The van der Waals surface area contributed by atoms with E-state index in [2.05, 4.69) is 22.2 Å². The molecule has 0 aliphatic carbocycles. The zero-order valence-electron chi connectivity index (χ0n) is 14.9. The van der Waals surface area contributed by atoms with E-state index in [0.717, 1.165) is 12.1 Å². The molecule has 8 nitrogen and oxygen atoms in total. The number of aromatic nitrogens is 4. The van der Waals surface area contributed by atoms with Crippen molar-refractivity contribution in [3.63, 3.8) is 0 Å². The number of hydrogen-bond donors (Lipinski definition) is 0. The van der Waals surface area contributed by atoms with Gasteiger partial charge in [0.1, 0.15) is 25.0 Å². The molecular weight excluding hydrogens is 346 g/mol. The molecule has 1 aliphatic heterocycles. The fourth-order valence-electron chi connectivity index (χ4n) is 2.98. The van der Waals surface area contributed by atoms with E-state index in [9.17, 15) is 4.79 Å². The van der Waals surface area contributed by atoms with Gasteiger partial charge in [0, 0.05) is 12.6 Å². The number of carbonyl (C=O) groups is 1. The van der Waals surface area contributed by atoms with Crippen molar-refractivity contribution in [1.82, 2.24) is 24.8 Å². The molecule has 1 aliphatic rings. The summed E-state index contributed by atoms with van der Waals surface area (Å²) in [6.07, 6.45) is 8.03. The molecule has 0 fully saturated rings. The summed E-state index contributed by atoms with van der Waals surface area (Å²) in [5, 5.41) is 7.97. The van der Waals surface area contributed by atoms with Crippen LogP contribution in [0.25, 0.3) is 5.69 Å². The Hall–Kier alpha value is -3.42. The zero-order chi connectivity index (χ0) is 18.6. The van der Waals surface area contributed by atoms with E-state index >= 15 is 0 Å². The van der Waals surface area contributed by atoms with Crippen LogP contribution in [-0.2, 0) is 6.61 Å². The molecule has 0 saturated carbocycles. The van der Waals surface area contributed by atoms with Crippen molar-refractivity contribution in [2.75, 3.05) is 6.54 Å². The van der Waals surface area contributed by atoms with Gasteiger partial charge >= 0.3 is 0 Å². The maximum absolute atomic E-state index is 12.6. The van der Waals surface area contributed by atoms with Crippen molar-refractivity contribution in [2.45, 2.75) is 26.0 Å². The Labute approximate surface area is 156 Å². The van der Waals surface area contributed by atoms with Gasteiger partial charge in [0.05, 0.1) is 11.7 Å². The van der Waals surface area contributed by atoms with E-state index in [4.69, 9.17) is 9.26 Å². The van der Waals surface area contributed by atoms with E-state index in [1.807, 2.05) is 36.4 Å². The van der Waals surface area contributed by atoms with Gasteiger partial charge in [-0.2, -0.15) is 5.10 Å². The van der Waals surface area contributed by atoms with Gasteiger partial charge in [-0.15, -0.1) is 0 Å². The number of benzene rings is 1. The van der Waals surface area contributed by atoms with Crippen molar-refractivity contribution in [3.8, 4) is 11.4 Å². The van der Waals surface area contributed by atoms with E-state index < -0.39 is 0 Å². The van der Waals surface area contributed by atoms with Crippen LogP contribution in [0.15, 0.2) is 59.7 Å².